The van der Waals surface area contributed by atoms with E-state index < -0.39 is 0 Å². The lowest BCUT2D eigenvalue weighted by atomic mass is 10.2. The van der Waals surface area contributed by atoms with E-state index >= 15 is 0 Å². The van der Waals surface area contributed by atoms with Crippen LogP contribution in [-0.2, 0) is 11.3 Å². The summed E-state index contributed by atoms with van der Waals surface area (Å²) in [5.41, 5.74) is 3.74. The van der Waals surface area contributed by atoms with Gasteiger partial charge in [-0.05, 0) is 30.5 Å². The Hall–Kier alpha value is -3.32. The summed E-state index contributed by atoms with van der Waals surface area (Å²) in [6.45, 7) is 4.39. The van der Waals surface area contributed by atoms with Gasteiger partial charge in [-0.2, -0.15) is 0 Å². The average molecular weight is 447 g/mol. The van der Waals surface area contributed by atoms with Crippen molar-refractivity contribution in [1.29, 1.82) is 0 Å². The normalized spacial score (nSPS) is 12.1. The summed E-state index contributed by atoms with van der Waals surface area (Å²) in [6, 6.07) is 21.6. The van der Waals surface area contributed by atoms with Crippen molar-refractivity contribution in [3.63, 3.8) is 0 Å². The first kappa shape index (κ1) is 21.9. The smallest absolute Gasteiger partial charge is 0.278 e. The molecule has 6 nitrogen and oxygen atoms in total. The van der Waals surface area contributed by atoms with Crippen LogP contribution in [0.25, 0.3) is 22.3 Å². The van der Waals surface area contributed by atoms with Crippen LogP contribution in [0.4, 0.5) is 0 Å². The van der Waals surface area contributed by atoms with Gasteiger partial charge < -0.3 is 10.3 Å². The molecule has 32 heavy (non-hydrogen) atoms. The molecule has 0 aliphatic rings. The third kappa shape index (κ3) is 4.94. The molecule has 2 aromatic heterocycles. The van der Waals surface area contributed by atoms with Crippen LogP contribution in [0, 0.1) is 0 Å². The Kier molecular flexibility index (Phi) is 6.75. The van der Waals surface area contributed by atoms with Crippen LogP contribution in [0.2, 0.25) is 0 Å². The number of hydrogen-bond acceptors (Lipinski definition) is 4. The lowest BCUT2D eigenvalue weighted by molar-refractivity contribution is -0.119. The number of fused-ring (bicyclic) bond motifs is 1. The molecule has 0 radical (unpaired) electrons. The lowest BCUT2D eigenvalue weighted by Crippen LogP contribution is -2.33. The zero-order valence-corrected chi connectivity index (χ0v) is 19.0. The number of aromatic amines is 1. The molecule has 0 spiro atoms. The molecule has 0 bridgehead atoms. The molecule has 1 amide bonds. The van der Waals surface area contributed by atoms with Crippen LogP contribution in [0.5, 0.6) is 0 Å². The predicted octanol–water partition coefficient (Wildman–Crippen LogP) is 4.45. The molecular formula is C25H26N4O2S. The Bertz CT molecular complexity index is 1270. The number of aromatic nitrogens is 3. The molecule has 2 aromatic carbocycles. The SMILES string of the molecule is CC[C@@H](C)NC(=O)CSc1nc2cc(-c3ccccc3)[nH]c2c(=O)n1Cc1ccccc1. The largest absolute Gasteiger partial charge is 0.353 e. The fourth-order valence-electron chi connectivity index (χ4n) is 3.42. The van der Waals surface area contributed by atoms with Gasteiger partial charge in [0.25, 0.3) is 5.56 Å². The second-order valence-corrected chi connectivity index (χ2v) is 8.69. The molecule has 7 heteroatoms. The van der Waals surface area contributed by atoms with Gasteiger partial charge in [-0.3, -0.25) is 14.2 Å². The van der Waals surface area contributed by atoms with E-state index in [2.05, 4.69) is 10.3 Å². The molecule has 0 aliphatic heterocycles. The van der Waals surface area contributed by atoms with Crippen molar-refractivity contribution in [3.8, 4) is 11.3 Å². The Morgan fingerprint density at radius 1 is 1.12 bits per heavy atom. The monoisotopic (exact) mass is 446 g/mol. The van der Waals surface area contributed by atoms with Gasteiger partial charge in [0.1, 0.15) is 5.52 Å². The van der Waals surface area contributed by atoms with Crippen molar-refractivity contribution >= 4 is 28.7 Å². The summed E-state index contributed by atoms with van der Waals surface area (Å²) in [4.78, 5) is 33.8. The van der Waals surface area contributed by atoms with E-state index in [1.165, 1.54) is 11.8 Å². The van der Waals surface area contributed by atoms with Crippen molar-refractivity contribution < 1.29 is 4.79 Å². The van der Waals surface area contributed by atoms with Gasteiger partial charge in [-0.25, -0.2) is 4.98 Å². The summed E-state index contributed by atoms with van der Waals surface area (Å²) < 4.78 is 1.64. The molecule has 0 aliphatic carbocycles. The average Bonchev–Trinajstić information content (AvgIpc) is 3.25. The zero-order valence-electron chi connectivity index (χ0n) is 18.2. The first-order valence-electron chi connectivity index (χ1n) is 10.7. The molecule has 1 atom stereocenters. The Morgan fingerprint density at radius 3 is 2.50 bits per heavy atom. The number of amides is 1. The fraction of sp³-hybridized carbons (Fsp3) is 0.240. The van der Waals surface area contributed by atoms with Crippen LogP contribution in [0.3, 0.4) is 0 Å². The summed E-state index contributed by atoms with van der Waals surface area (Å²) in [5, 5.41) is 3.50. The van der Waals surface area contributed by atoms with Crippen LogP contribution in [-0.4, -0.2) is 32.2 Å². The number of thioether (sulfide) groups is 1. The molecule has 0 saturated carbocycles. The molecule has 164 valence electrons. The molecular weight excluding hydrogens is 420 g/mol. The Balaban J connectivity index is 1.72. The van der Waals surface area contributed by atoms with Crippen LogP contribution >= 0.6 is 11.8 Å². The number of H-pyrrole nitrogens is 1. The predicted molar refractivity (Wildman–Crippen MR) is 130 cm³/mol. The highest BCUT2D eigenvalue weighted by molar-refractivity contribution is 7.99. The van der Waals surface area contributed by atoms with E-state index in [0.29, 0.717) is 22.7 Å². The number of carbonyl (C=O) groups is 1. The second-order valence-electron chi connectivity index (χ2n) is 7.75. The van der Waals surface area contributed by atoms with Crippen molar-refractivity contribution in [3.05, 3.63) is 82.6 Å². The Labute approximate surface area is 191 Å². The molecule has 0 unspecified atom stereocenters. The minimum absolute atomic E-state index is 0.0657. The molecule has 4 rings (SSSR count). The van der Waals surface area contributed by atoms with Crippen molar-refractivity contribution in [1.82, 2.24) is 19.9 Å². The van der Waals surface area contributed by atoms with E-state index in [4.69, 9.17) is 4.98 Å². The summed E-state index contributed by atoms with van der Waals surface area (Å²) in [6.07, 6.45) is 0.866. The molecule has 2 heterocycles. The van der Waals surface area contributed by atoms with E-state index in [9.17, 15) is 9.59 Å². The van der Waals surface area contributed by atoms with E-state index in [1.807, 2.05) is 80.6 Å². The van der Waals surface area contributed by atoms with Gasteiger partial charge in [-0.15, -0.1) is 0 Å². The number of nitrogens with one attached hydrogen (secondary N) is 2. The quantitative estimate of drug-likeness (QED) is 0.310. The molecule has 2 N–H and O–H groups in total. The maximum Gasteiger partial charge on any atom is 0.278 e. The van der Waals surface area contributed by atoms with Gasteiger partial charge in [0.15, 0.2) is 5.16 Å². The highest BCUT2D eigenvalue weighted by Gasteiger charge is 2.17. The molecule has 4 aromatic rings. The van der Waals surface area contributed by atoms with E-state index in [1.54, 1.807) is 4.57 Å². The summed E-state index contributed by atoms with van der Waals surface area (Å²) in [5.74, 6) is 0.136. The number of benzene rings is 2. The van der Waals surface area contributed by atoms with E-state index in [-0.39, 0.29) is 23.3 Å². The number of nitrogens with zero attached hydrogens (tertiary/aromatic N) is 2. The van der Waals surface area contributed by atoms with Crippen molar-refractivity contribution in [2.45, 2.75) is 38.0 Å². The first-order valence-corrected chi connectivity index (χ1v) is 11.7. The maximum atomic E-state index is 13.4. The first-order chi connectivity index (χ1) is 15.5. The highest BCUT2D eigenvalue weighted by atomic mass is 32.2. The van der Waals surface area contributed by atoms with Crippen molar-refractivity contribution in [2.75, 3.05) is 5.75 Å². The third-order valence-corrected chi connectivity index (χ3v) is 6.30. The molecule has 0 saturated heterocycles. The number of hydrogen-bond donors (Lipinski definition) is 2. The maximum absolute atomic E-state index is 13.4. The minimum Gasteiger partial charge on any atom is -0.353 e. The van der Waals surface area contributed by atoms with E-state index in [0.717, 1.165) is 23.2 Å². The van der Waals surface area contributed by atoms with Gasteiger partial charge in [-0.1, -0.05) is 79.3 Å². The van der Waals surface area contributed by atoms with Gasteiger partial charge in [0, 0.05) is 11.7 Å². The fourth-order valence-corrected chi connectivity index (χ4v) is 4.23. The van der Waals surface area contributed by atoms with Crippen LogP contribution in [0.1, 0.15) is 25.8 Å². The third-order valence-electron chi connectivity index (χ3n) is 5.32. The topological polar surface area (TPSA) is 79.8 Å². The number of rotatable bonds is 8. The summed E-state index contributed by atoms with van der Waals surface area (Å²) in [7, 11) is 0. The standard InChI is InChI=1S/C25H26N4O2S/c1-3-17(2)26-22(30)16-32-25-28-21-14-20(19-12-8-5-9-13-19)27-23(21)24(31)29(25)15-18-10-6-4-7-11-18/h4-14,17,27H,3,15-16H2,1-2H3,(H,26,30)/t17-/m1/s1. The number of carbonyl (C=O) groups excluding carboxylic acids is 1. The van der Waals surface area contributed by atoms with Gasteiger partial charge in [0.2, 0.25) is 5.91 Å². The zero-order chi connectivity index (χ0) is 22.5. The van der Waals surface area contributed by atoms with Crippen LogP contribution in [0.15, 0.2) is 76.7 Å². The molecule has 0 fully saturated rings. The Morgan fingerprint density at radius 2 is 1.81 bits per heavy atom. The second kappa shape index (κ2) is 9.87. The van der Waals surface area contributed by atoms with Crippen molar-refractivity contribution in [2.24, 2.45) is 0 Å². The lowest BCUT2D eigenvalue weighted by Gasteiger charge is -2.13. The van der Waals surface area contributed by atoms with Gasteiger partial charge >= 0.3 is 0 Å². The minimum atomic E-state index is -0.147. The van der Waals surface area contributed by atoms with Gasteiger partial charge in [0.05, 0.1) is 17.8 Å². The summed E-state index contributed by atoms with van der Waals surface area (Å²) >= 11 is 1.29. The van der Waals surface area contributed by atoms with Crippen LogP contribution < -0.4 is 10.9 Å². The highest BCUT2D eigenvalue weighted by Crippen LogP contribution is 2.24.